The summed E-state index contributed by atoms with van der Waals surface area (Å²) in [5.74, 6) is -4.69. The Balaban J connectivity index is 4.00. The van der Waals surface area contributed by atoms with E-state index in [-0.39, 0.29) is 83.0 Å². The number of carbonyl (C=O) groups excluding carboxylic acids is 4. The van der Waals surface area contributed by atoms with Gasteiger partial charge in [-0.15, -0.1) is 0 Å². The van der Waals surface area contributed by atoms with Gasteiger partial charge in [0.05, 0.1) is 39.6 Å². The summed E-state index contributed by atoms with van der Waals surface area (Å²) in [5.41, 5.74) is 5.53. The number of ketones is 1. The fraction of sp³-hybridized carbons (Fsp3) is 0.750. The highest BCUT2D eigenvalue weighted by atomic mass is 16.5. The third kappa shape index (κ3) is 21.7. The zero-order valence-corrected chi connectivity index (χ0v) is 23.0. The lowest BCUT2D eigenvalue weighted by Crippen LogP contribution is -2.45. The standard InChI is InChI=1S/C24H42N4O12/c1-16(25)13-38-11-12-39-14-21(31)26-7-8-37-9-10-40-15-22(32)28-19(24(35)36)5-6-20(30)27-18(23(33)34)4-3-17(2)29/h16,18-19H,3-15,25H2,1-2H3,(H,26,31)(H,27,30)(H,28,32)(H,33,34)(H,35,36)/t16?,18-,19-/m0/s1. The average molecular weight is 579 g/mol. The molecule has 40 heavy (non-hydrogen) atoms. The van der Waals surface area contributed by atoms with Gasteiger partial charge in [-0.2, -0.15) is 0 Å². The summed E-state index contributed by atoms with van der Waals surface area (Å²) in [4.78, 5) is 69.3. The monoisotopic (exact) mass is 578 g/mol. The van der Waals surface area contributed by atoms with E-state index in [1.165, 1.54) is 6.92 Å². The molecule has 0 bridgehead atoms. The normalized spacial score (nSPS) is 13.1. The molecule has 0 aliphatic rings. The number of nitrogens with one attached hydrogen (secondary N) is 3. The summed E-state index contributed by atoms with van der Waals surface area (Å²) < 4.78 is 20.8. The molecule has 16 heteroatoms. The molecule has 0 aromatic heterocycles. The Morgan fingerprint density at radius 2 is 1.20 bits per heavy atom. The van der Waals surface area contributed by atoms with Crippen molar-refractivity contribution in [3.8, 4) is 0 Å². The number of carboxylic acids is 2. The van der Waals surface area contributed by atoms with Gasteiger partial charge in [-0.05, 0) is 26.7 Å². The van der Waals surface area contributed by atoms with E-state index < -0.39 is 42.4 Å². The number of rotatable bonds is 25. The molecule has 16 nitrogen and oxygen atoms in total. The highest BCUT2D eigenvalue weighted by molar-refractivity contribution is 5.86. The first-order chi connectivity index (χ1) is 18.9. The lowest BCUT2D eigenvalue weighted by atomic mass is 10.1. The molecule has 0 aromatic carbocycles. The minimum absolute atomic E-state index is 0.0306. The van der Waals surface area contributed by atoms with Crippen LogP contribution in [0.1, 0.15) is 39.5 Å². The Morgan fingerprint density at radius 3 is 1.75 bits per heavy atom. The first-order valence-corrected chi connectivity index (χ1v) is 12.8. The smallest absolute Gasteiger partial charge is 0.326 e. The zero-order valence-electron chi connectivity index (χ0n) is 23.0. The zero-order chi connectivity index (χ0) is 30.3. The lowest BCUT2D eigenvalue weighted by Gasteiger charge is -2.16. The Hall–Kier alpha value is -3.18. The first-order valence-electron chi connectivity index (χ1n) is 12.8. The highest BCUT2D eigenvalue weighted by Crippen LogP contribution is 2.03. The van der Waals surface area contributed by atoms with Crippen LogP contribution < -0.4 is 21.7 Å². The van der Waals surface area contributed by atoms with Gasteiger partial charge in [-0.25, -0.2) is 9.59 Å². The van der Waals surface area contributed by atoms with Crippen molar-refractivity contribution < 1.29 is 57.9 Å². The van der Waals surface area contributed by atoms with Gasteiger partial charge < -0.3 is 55.6 Å². The summed E-state index contributed by atoms with van der Waals surface area (Å²) in [5, 5.41) is 25.5. The number of hydrogen-bond acceptors (Lipinski definition) is 11. The molecule has 3 amide bonds. The minimum Gasteiger partial charge on any atom is -0.480 e. The van der Waals surface area contributed by atoms with E-state index in [0.29, 0.717) is 13.2 Å². The molecule has 0 heterocycles. The summed E-state index contributed by atoms with van der Waals surface area (Å²) in [7, 11) is 0. The average Bonchev–Trinajstić information content (AvgIpc) is 2.87. The van der Waals surface area contributed by atoms with Gasteiger partial charge in [0.25, 0.3) is 0 Å². The highest BCUT2D eigenvalue weighted by Gasteiger charge is 2.24. The molecule has 7 N–H and O–H groups in total. The van der Waals surface area contributed by atoms with E-state index in [0.717, 1.165) is 0 Å². The van der Waals surface area contributed by atoms with Crippen LogP contribution in [-0.4, -0.2) is 123 Å². The largest absolute Gasteiger partial charge is 0.480 e. The Labute approximate surface area is 232 Å². The van der Waals surface area contributed by atoms with Crippen molar-refractivity contribution in [3.05, 3.63) is 0 Å². The number of Topliss-reactive ketones (excluding diaryl/α,β-unsaturated/α-hetero) is 1. The molecule has 0 rings (SSSR count). The molecule has 0 aromatic rings. The lowest BCUT2D eigenvalue weighted by molar-refractivity contribution is -0.144. The van der Waals surface area contributed by atoms with E-state index >= 15 is 0 Å². The molecule has 3 atom stereocenters. The topological polar surface area (TPSA) is 242 Å². The second-order valence-corrected chi connectivity index (χ2v) is 8.82. The van der Waals surface area contributed by atoms with Crippen molar-refractivity contribution in [1.82, 2.24) is 16.0 Å². The van der Waals surface area contributed by atoms with E-state index in [1.54, 1.807) is 0 Å². The van der Waals surface area contributed by atoms with Gasteiger partial charge in [-0.1, -0.05) is 0 Å². The fourth-order valence-corrected chi connectivity index (χ4v) is 2.89. The van der Waals surface area contributed by atoms with Crippen LogP contribution in [0, 0.1) is 0 Å². The molecule has 0 fully saturated rings. The second-order valence-electron chi connectivity index (χ2n) is 8.82. The van der Waals surface area contributed by atoms with Gasteiger partial charge in [0.15, 0.2) is 0 Å². The Bertz CT molecular complexity index is 809. The quantitative estimate of drug-likeness (QED) is 0.0631. The van der Waals surface area contributed by atoms with Crippen LogP contribution in [0.15, 0.2) is 0 Å². The van der Waals surface area contributed by atoms with Crippen molar-refractivity contribution in [1.29, 1.82) is 0 Å². The second kappa shape index (κ2) is 22.6. The fourth-order valence-electron chi connectivity index (χ4n) is 2.89. The minimum atomic E-state index is -1.40. The predicted molar refractivity (Wildman–Crippen MR) is 138 cm³/mol. The van der Waals surface area contributed by atoms with Gasteiger partial charge in [0, 0.05) is 25.4 Å². The summed E-state index contributed by atoms with van der Waals surface area (Å²) in [6.07, 6.45) is -0.769. The van der Waals surface area contributed by atoms with Crippen molar-refractivity contribution in [2.75, 3.05) is 59.4 Å². The van der Waals surface area contributed by atoms with Gasteiger partial charge >= 0.3 is 11.9 Å². The van der Waals surface area contributed by atoms with Crippen LogP contribution in [0.25, 0.3) is 0 Å². The molecule has 0 saturated carbocycles. The number of hydrogen-bond donors (Lipinski definition) is 6. The summed E-state index contributed by atoms with van der Waals surface area (Å²) >= 11 is 0. The van der Waals surface area contributed by atoms with Crippen molar-refractivity contribution in [2.24, 2.45) is 5.73 Å². The molecular weight excluding hydrogens is 536 g/mol. The third-order valence-electron chi connectivity index (χ3n) is 4.87. The molecule has 0 spiro atoms. The maximum absolute atomic E-state index is 12.0. The number of nitrogens with two attached hydrogens (primary N) is 1. The van der Waals surface area contributed by atoms with Crippen molar-refractivity contribution in [3.63, 3.8) is 0 Å². The number of carboxylic acid groups (broad SMARTS) is 2. The maximum Gasteiger partial charge on any atom is 0.326 e. The predicted octanol–water partition coefficient (Wildman–Crippen LogP) is -2.20. The third-order valence-corrected chi connectivity index (χ3v) is 4.87. The van der Waals surface area contributed by atoms with E-state index in [4.69, 9.17) is 29.8 Å². The van der Waals surface area contributed by atoms with Gasteiger partial charge in [0.1, 0.15) is 31.1 Å². The van der Waals surface area contributed by atoms with Crippen LogP contribution in [0.4, 0.5) is 0 Å². The molecule has 230 valence electrons. The van der Waals surface area contributed by atoms with Crippen LogP contribution >= 0.6 is 0 Å². The van der Waals surface area contributed by atoms with Crippen LogP contribution in [-0.2, 0) is 47.7 Å². The van der Waals surface area contributed by atoms with Crippen molar-refractivity contribution in [2.45, 2.75) is 57.7 Å². The summed E-state index contributed by atoms with van der Waals surface area (Å²) in [6, 6.07) is -2.74. The van der Waals surface area contributed by atoms with Crippen molar-refractivity contribution >= 4 is 35.4 Å². The molecule has 0 aliphatic heterocycles. The van der Waals surface area contributed by atoms with Crippen LogP contribution in [0.5, 0.6) is 0 Å². The number of amides is 3. The number of ether oxygens (including phenoxy) is 4. The molecular formula is C24H42N4O12. The van der Waals surface area contributed by atoms with E-state index in [2.05, 4.69) is 16.0 Å². The Kier molecular flexibility index (Phi) is 20.8. The van der Waals surface area contributed by atoms with E-state index in [1.807, 2.05) is 6.92 Å². The maximum atomic E-state index is 12.0. The molecule has 0 aliphatic carbocycles. The number of carbonyl (C=O) groups is 6. The van der Waals surface area contributed by atoms with E-state index in [9.17, 15) is 33.9 Å². The molecule has 0 radical (unpaired) electrons. The van der Waals surface area contributed by atoms with Gasteiger partial charge in [0.2, 0.25) is 17.7 Å². The van der Waals surface area contributed by atoms with Crippen LogP contribution in [0.3, 0.4) is 0 Å². The molecule has 1 unspecified atom stereocenters. The Morgan fingerprint density at radius 1 is 0.700 bits per heavy atom. The van der Waals surface area contributed by atoms with Crippen LogP contribution in [0.2, 0.25) is 0 Å². The number of aliphatic carboxylic acids is 2. The molecule has 0 saturated heterocycles. The first kappa shape index (κ1) is 36.8. The summed E-state index contributed by atoms with van der Waals surface area (Å²) in [6.45, 7) is 4.13. The SMILES string of the molecule is CC(=O)CC[C@H](NC(=O)CC[C@H](NC(=O)COCCOCCNC(=O)COCCOCC(C)N)C(=O)O)C(=O)O. The van der Waals surface area contributed by atoms with Gasteiger partial charge in [-0.3, -0.25) is 14.4 Å².